The average Bonchev–Trinajstić information content (AvgIpc) is 2.45. The molecule has 0 aliphatic rings. The molecule has 0 unspecified atom stereocenters. The van der Waals surface area contributed by atoms with Crippen LogP contribution in [0.25, 0.3) is 10.1 Å². The van der Waals surface area contributed by atoms with Crippen LogP contribution in [-0.4, -0.2) is 5.84 Å². The number of thiophene rings is 1. The van der Waals surface area contributed by atoms with Crippen molar-refractivity contribution in [3.8, 4) is 0 Å². The number of hydrogen-bond acceptors (Lipinski definition) is 2. The van der Waals surface area contributed by atoms with Gasteiger partial charge >= 0.3 is 0 Å². The van der Waals surface area contributed by atoms with Gasteiger partial charge in [0.15, 0.2) is 0 Å². The lowest BCUT2D eigenvalue weighted by molar-refractivity contribution is 1.46. The molecule has 0 saturated carbocycles. The zero-order chi connectivity index (χ0) is 9.42. The molecular formula is C9H7ClN2S. The van der Waals surface area contributed by atoms with E-state index >= 15 is 0 Å². The summed E-state index contributed by atoms with van der Waals surface area (Å²) in [6.45, 7) is 0. The number of nitrogens with two attached hydrogens (primary N) is 1. The molecule has 66 valence electrons. The van der Waals surface area contributed by atoms with Crippen molar-refractivity contribution in [2.24, 2.45) is 5.73 Å². The number of halogens is 1. The molecule has 1 aromatic carbocycles. The molecule has 1 aromatic heterocycles. The van der Waals surface area contributed by atoms with E-state index in [0.717, 1.165) is 10.1 Å². The number of fused-ring (bicyclic) bond motifs is 1. The van der Waals surface area contributed by atoms with Gasteiger partial charge in [0.1, 0.15) is 5.84 Å². The van der Waals surface area contributed by atoms with Gasteiger partial charge in [-0.3, -0.25) is 5.41 Å². The molecule has 3 N–H and O–H groups in total. The van der Waals surface area contributed by atoms with Gasteiger partial charge < -0.3 is 5.73 Å². The number of rotatable bonds is 1. The van der Waals surface area contributed by atoms with Gasteiger partial charge in [-0.1, -0.05) is 29.8 Å². The maximum atomic E-state index is 7.31. The molecule has 0 atom stereocenters. The molecule has 4 heteroatoms. The summed E-state index contributed by atoms with van der Waals surface area (Å²) in [5.74, 6) is 0.0335. The predicted octanol–water partition coefficient (Wildman–Crippen LogP) is 2.84. The van der Waals surface area contributed by atoms with E-state index in [1.54, 1.807) is 0 Å². The minimum absolute atomic E-state index is 0.0335. The summed E-state index contributed by atoms with van der Waals surface area (Å²) in [6, 6.07) is 7.77. The smallest absolute Gasteiger partial charge is 0.134 e. The molecule has 0 aliphatic carbocycles. The Morgan fingerprint density at radius 2 is 2.08 bits per heavy atom. The van der Waals surface area contributed by atoms with E-state index in [9.17, 15) is 0 Å². The van der Waals surface area contributed by atoms with Gasteiger partial charge in [-0.05, 0) is 6.07 Å². The van der Waals surface area contributed by atoms with Crippen LogP contribution in [0.4, 0.5) is 0 Å². The summed E-state index contributed by atoms with van der Waals surface area (Å²) in [6.07, 6.45) is 0. The normalized spacial score (nSPS) is 10.5. The minimum atomic E-state index is 0.0335. The molecule has 2 rings (SSSR count). The largest absolute Gasteiger partial charge is 0.383 e. The fraction of sp³-hybridized carbons (Fsp3) is 0. The Kier molecular flexibility index (Phi) is 1.98. The minimum Gasteiger partial charge on any atom is -0.383 e. The van der Waals surface area contributed by atoms with Crippen LogP contribution in [0.15, 0.2) is 24.3 Å². The third-order valence-corrected chi connectivity index (χ3v) is 3.49. The van der Waals surface area contributed by atoms with E-state index < -0.39 is 0 Å². The number of nitrogens with one attached hydrogen (secondary N) is 1. The third-order valence-electron chi connectivity index (χ3n) is 1.78. The first-order chi connectivity index (χ1) is 6.20. The molecule has 0 bridgehead atoms. The van der Waals surface area contributed by atoms with Crippen molar-refractivity contribution in [1.82, 2.24) is 0 Å². The van der Waals surface area contributed by atoms with Crippen LogP contribution in [0.5, 0.6) is 0 Å². The van der Waals surface area contributed by atoms with Crippen LogP contribution >= 0.6 is 22.9 Å². The van der Waals surface area contributed by atoms with Gasteiger partial charge in [0.2, 0.25) is 0 Å². The molecule has 2 nitrogen and oxygen atoms in total. The van der Waals surface area contributed by atoms with Crippen molar-refractivity contribution in [3.63, 3.8) is 0 Å². The summed E-state index contributed by atoms with van der Waals surface area (Å²) in [5, 5.41) is 8.87. The van der Waals surface area contributed by atoms with Crippen LogP contribution in [0.3, 0.4) is 0 Å². The number of amidine groups is 1. The van der Waals surface area contributed by atoms with Crippen molar-refractivity contribution in [3.05, 3.63) is 34.2 Å². The Bertz CT molecular complexity index is 475. The van der Waals surface area contributed by atoms with Crippen molar-refractivity contribution in [1.29, 1.82) is 5.41 Å². The predicted molar refractivity (Wildman–Crippen MR) is 57.9 cm³/mol. The zero-order valence-electron chi connectivity index (χ0n) is 6.67. The number of hydrogen-bond donors (Lipinski definition) is 2. The quantitative estimate of drug-likeness (QED) is 0.552. The van der Waals surface area contributed by atoms with Crippen LogP contribution < -0.4 is 5.73 Å². The lowest BCUT2D eigenvalue weighted by Gasteiger charge is -1.91. The van der Waals surface area contributed by atoms with Crippen molar-refractivity contribution in [2.75, 3.05) is 0 Å². The van der Waals surface area contributed by atoms with E-state index in [1.807, 2.05) is 24.3 Å². The van der Waals surface area contributed by atoms with Gasteiger partial charge in [-0.25, -0.2) is 0 Å². The standard InChI is InChI=1S/C9H7ClN2S/c10-7-5-3-1-2-4-6(5)13-8(7)9(11)12/h1-4H,(H3,11,12). The van der Waals surface area contributed by atoms with Crippen molar-refractivity contribution >= 4 is 38.9 Å². The Balaban J connectivity index is 2.81. The second kappa shape index (κ2) is 3.01. The van der Waals surface area contributed by atoms with E-state index in [-0.39, 0.29) is 5.84 Å². The maximum absolute atomic E-state index is 7.31. The first-order valence-corrected chi connectivity index (χ1v) is 4.91. The Morgan fingerprint density at radius 3 is 2.69 bits per heavy atom. The molecular weight excluding hydrogens is 204 g/mol. The van der Waals surface area contributed by atoms with Gasteiger partial charge in [-0.15, -0.1) is 11.3 Å². The summed E-state index contributed by atoms with van der Waals surface area (Å²) < 4.78 is 1.07. The second-order valence-corrected chi connectivity index (χ2v) is 4.09. The molecule has 1 heterocycles. The van der Waals surface area contributed by atoms with Crippen molar-refractivity contribution in [2.45, 2.75) is 0 Å². The van der Waals surface area contributed by atoms with Crippen LogP contribution in [0, 0.1) is 5.41 Å². The summed E-state index contributed by atoms with van der Waals surface area (Å²) >= 11 is 7.49. The average molecular weight is 211 g/mol. The first kappa shape index (κ1) is 8.53. The molecule has 0 radical (unpaired) electrons. The van der Waals surface area contributed by atoms with Gasteiger partial charge in [0.05, 0.1) is 9.90 Å². The lowest BCUT2D eigenvalue weighted by Crippen LogP contribution is -2.08. The fourth-order valence-corrected chi connectivity index (χ4v) is 2.58. The highest BCUT2D eigenvalue weighted by Gasteiger charge is 2.10. The third kappa shape index (κ3) is 1.30. The van der Waals surface area contributed by atoms with Gasteiger partial charge in [0, 0.05) is 10.1 Å². The van der Waals surface area contributed by atoms with Crippen molar-refractivity contribution < 1.29 is 0 Å². The Hall–Kier alpha value is -1.06. The van der Waals surface area contributed by atoms with E-state index in [0.29, 0.717) is 9.90 Å². The monoisotopic (exact) mass is 210 g/mol. The van der Waals surface area contributed by atoms with E-state index in [1.165, 1.54) is 11.3 Å². The molecule has 0 saturated heterocycles. The molecule has 0 aliphatic heterocycles. The first-order valence-electron chi connectivity index (χ1n) is 3.71. The lowest BCUT2D eigenvalue weighted by atomic mass is 10.2. The van der Waals surface area contributed by atoms with Gasteiger partial charge in [0.25, 0.3) is 0 Å². The summed E-state index contributed by atoms with van der Waals surface area (Å²) in [5.41, 5.74) is 5.39. The molecule has 13 heavy (non-hydrogen) atoms. The maximum Gasteiger partial charge on any atom is 0.134 e. The van der Waals surface area contributed by atoms with Crippen LogP contribution in [0.1, 0.15) is 4.88 Å². The fourth-order valence-electron chi connectivity index (χ4n) is 1.19. The highest BCUT2D eigenvalue weighted by Crippen LogP contribution is 2.34. The van der Waals surface area contributed by atoms with Gasteiger partial charge in [-0.2, -0.15) is 0 Å². The molecule has 0 spiro atoms. The zero-order valence-corrected chi connectivity index (χ0v) is 8.25. The molecule has 0 amide bonds. The van der Waals surface area contributed by atoms with E-state index in [2.05, 4.69) is 0 Å². The summed E-state index contributed by atoms with van der Waals surface area (Å²) in [4.78, 5) is 0.655. The Labute approximate surface area is 84.4 Å². The SMILES string of the molecule is N=C(N)c1sc2ccccc2c1Cl. The van der Waals surface area contributed by atoms with Crippen LogP contribution in [-0.2, 0) is 0 Å². The topological polar surface area (TPSA) is 49.9 Å². The van der Waals surface area contributed by atoms with E-state index in [4.69, 9.17) is 22.7 Å². The second-order valence-electron chi connectivity index (χ2n) is 2.66. The Morgan fingerprint density at radius 1 is 1.38 bits per heavy atom. The summed E-state index contributed by atoms with van der Waals surface area (Å²) in [7, 11) is 0. The molecule has 0 fully saturated rings. The number of benzene rings is 1. The van der Waals surface area contributed by atoms with Crippen LogP contribution in [0.2, 0.25) is 5.02 Å². The highest BCUT2D eigenvalue weighted by molar-refractivity contribution is 7.21. The number of nitrogen functional groups attached to an aromatic ring is 1. The molecule has 2 aromatic rings. The highest BCUT2D eigenvalue weighted by atomic mass is 35.5.